The number of benzene rings is 3. The monoisotopic (exact) mass is 641 g/mol. The summed E-state index contributed by atoms with van der Waals surface area (Å²) in [6.45, 7) is 23.8. The van der Waals surface area contributed by atoms with Gasteiger partial charge in [-0.2, -0.15) is 0 Å². The standard InChI is InChI=1S/C41H55NO5/c1-23-24(2)26(4)37(31(22-43)25(23)3)38(45)28(6)34(42)18-17-30-14-13-15-35(27(30)5)47-36(44)19-16-29-20-32(40(7,8)9)39(46)33(21-29)41(10,11)12/h13-15,17-18,20-21,28,34,43,46H,16,19,22,42H2,1-12H3/b18-17-. The first kappa shape index (κ1) is 37.7. The molecule has 47 heavy (non-hydrogen) atoms. The maximum absolute atomic E-state index is 13.7. The molecule has 0 aromatic heterocycles. The van der Waals surface area contributed by atoms with Crippen molar-refractivity contribution in [2.24, 2.45) is 11.7 Å². The van der Waals surface area contributed by atoms with Gasteiger partial charge in [0.2, 0.25) is 0 Å². The van der Waals surface area contributed by atoms with Gasteiger partial charge in [-0.15, -0.1) is 0 Å². The van der Waals surface area contributed by atoms with Crippen LogP contribution < -0.4 is 10.5 Å². The van der Waals surface area contributed by atoms with Crippen molar-refractivity contribution in [3.05, 3.63) is 97.6 Å². The van der Waals surface area contributed by atoms with Crippen LogP contribution in [0.5, 0.6) is 11.5 Å². The summed E-state index contributed by atoms with van der Waals surface area (Å²) in [4.78, 5) is 26.7. The number of carbonyl (C=O) groups excluding carboxylic acids is 2. The average molecular weight is 642 g/mol. The van der Waals surface area contributed by atoms with Crippen LogP contribution in [0.3, 0.4) is 0 Å². The fourth-order valence-electron chi connectivity index (χ4n) is 6.03. The number of esters is 1. The molecule has 0 spiro atoms. The van der Waals surface area contributed by atoms with Crippen LogP contribution in [-0.4, -0.2) is 28.0 Å². The number of carbonyl (C=O) groups is 2. The smallest absolute Gasteiger partial charge is 0.311 e. The number of ether oxygens (including phenoxy) is 1. The average Bonchev–Trinajstić information content (AvgIpc) is 2.99. The molecule has 3 aromatic carbocycles. The third-order valence-corrected chi connectivity index (χ3v) is 9.66. The number of aliphatic hydroxyl groups excluding tert-OH is 1. The molecule has 0 bridgehead atoms. The van der Waals surface area contributed by atoms with E-state index in [1.165, 1.54) is 0 Å². The zero-order chi connectivity index (χ0) is 35.6. The second-order valence-electron chi connectivity index (χ2n) is 15.1. The fourth-order valence-corrected chi connectivity index (χ4v) is 6.03. The number of nitrogens with two attached hydrogens (primary N) is 1. The maximum Gasteiger partial charge on any atom is 0.311 e. The fraction of sp³-hybridized carbons (Fsp3) is 0.463. The Labute approximate surface area is 282 Å². The molecule has 6 heteroatoms. The van der Waals surface area contributed by atoms with Crippen molar-refractivity contribution in [3.63, 3.8) is 0 Å². The van der Waals surface area contributed by atoms with Crippen molar-refractivity contribution >= 4 is 17.8 Å². The highest BCUT2D eigenvalue weighted by Gasteiger charge is 2.28. The van der Waals surface area contributed by atoms with Crippen molar-refractivity contribution in [1.82, 2.24) is 0 Å². The third kappa shape index (κ3) is 8.41. The van der Waals surface area contributed by atoms with Crippen LogP contribution in [0.15, 0.2) is 36.4 Å². The van der Waals surface area contributed by atoms with Gasteiger partial charge in [-0.05, 0) is 114 Å². The summed E-state index contributed by atoms with van der Waals surface area (Å²) >= 11 is 0. The second kappa shape index (κ2) is 14.6. The predicted octanol–water partition coefficient (Wildman–Crippen LogP) is 8.42. The lowest BCUT2D eigenvalue weighted by Crippen LogP contribution is -2.33. The summed E-state index contributed by atoms with van der Waals surface area (Å²) in [6, 6.07) is 8.94. The number of rotatable bonds is 10. The van der Waals surface area contributed by atoms with Crippen molar-refractivity contribution < 1.29 is 24.5 Å². The molecule has 254 valence electrons. The van der Waals surface area contributed by atoms with Crippen LogP contribution in [0.4, 0.5) is 0 Å². The van der Waals surface area contributed by atoms with Gasteiger partial charge in [0.25, 0.3) is 0 Å². The molecular weight excluding hydrogens is 586 g/mol. The number of aliphatic hydroxyl groups is 1. The van der Waals surface area contributed by atoms with Gasteiger partial charge < -0.3 is 20.7 Å². The van der Waals surface area contributed by atoms with E-state index >= 15 is 0 Å². The molecule has 0 amide bonds. The minimum Gasteiger partial charge on any atom is -0.507 e. The Bertz CT molecular complexity index is 1650. The van der Waals surface area contributed by atoms with Crippen molar-refractivity contribution in [3.8, 4) is 11.5 Å². The zero-order valence-corrected chi connectivity index (χ0v) is 30.5. The van der Waals surface area contributed by atoms with E-state index in [9.17, 15) is 19.8 Å². The Hall–Kier alpha value is -3.74. The normalized spacial score (nSPS) is 13.6. The SMILES string of the molecule is Cc1c(/C=C\C(N)C(C)C(=O)c2c(C)c(C)c(C)c(C)c2CO)cccc1OC(=O)CCc1cc(C(C)(C)C)c(O)c(C(C)(C)C)c1. The quantitative estimate of drug-likeness (QED) is 0.116. The van der Waals surface area contributed by atoms with Gasteiger partial charge in [-0.25, -0.2) is 0 Å². The topological polar surface area (TPSA) is 110 Å². The van der Waals surface area contributed by atoms with Crippen LogP contribution in [0.1, 0.15) is 121 Å². The van der Waals surface area contributed by atoms with Gasteiger partial charge in [0.1, 0.15) is 11.5 Å². The molecule has 0 aliphatic carbocycles. The van der Waals surface area contributed by atoms with E-state index in [0.29, 0.717) is 29.0 Å². The van der Waals surface area contributed by atoms with Gasteiger partial charge in [0.15, 0.2) is 5.78 Å². The van der Waals surface area contributed by atoms with E-state index in [1.54, 1.807) is 6.07 Å². The summed E-state index contributed by atoms with van der Waals surface area (Å²) in [5.41, 5.74) is 15.5. The lowest BCUT2D eigenvalue weighted by molar-refractivity contribution is -0.134. The lowest BCUT2D eigenvalue weighted by atomic mass is 9.78. The Morgan fingerprint density at radius 1 is 0.872 bits per heavy atom. The summed E-state index contributed by atoms with van der Waals surface area (Å²) in [6.07, 6.45) is 4.35. The van der Waals surface area contributed by atoms with Crippen LogP contribution in [0.25, 0.3) is 6.08 Å². The van der Waals surface area contributed by atoms with Gasteiger partial charge >= 0.3 is 5.97 Å². The minimum atomic E-state index is -0.567. The first-order chi connectivity index (χ1) is 21.7. The number of Topliss-reactive ketones (excluding diaryl/α,β-unsaturated/α-hetero) is 1. The first-order valence-corrected chi connectivity index (χ1v) is 16.6. The zero-order valence-electron chi connectivity index (χ0n) is 30.5. The highest BCUT2D eigenvalue weighted by molar-refractivity contribution is 6.01. The van der Waals surface area contributed by atoms with Crippen molar-refractivity contribution in [1.29, 1.82) is 0 Å². The van der Waals surface area contributed by atoms with Gasteiger partial charge in [0.05, 0.1) is 6.61 Å². The highest BCUT2D eigenvalue weighted by Crippen LogP contribution is 2.40. The molecular formula is C41H55NO5. The van der Waals surface area contributed by atoms with Gasteiger partial charge in [-0.3, -0.25) is 9.59 Å². The van der Waals surface area contributed by atoms with E-state index < -0.39 is 12.0 Å². The second-order valence-corrected chi connectivity index (χ2v) is 15.1. The van der Waals surface area contributed by atoms with Crippen LogP contribution in [-0.2, 0) is 28.7 Å². The molecule has 0 aliphatic rings. The van der Waals surface area contributed by atoms with E-state index in [1.807, 2.05) is 78.0 Å². The summed E-state index contributed by atoms with van der Waals surface area (Å²) in [7, 11) is 0. The molecule has 0 saturated heterocycles. The molecule has 3 rings (SSSR count). The number of hydrogen-bond acceptors (Lipinski definition) is 6. The van der Waals surface area contributed by atoms with E-state index in [2.05, 4.69) is 41.5 Å². The number of aryl methyl sites for hydroxylation is 1. The first-order valence-electron chi connectivity index (χ1n) is 16.6. The molecule has 2 unspecified atom stereocenters. The Kier molecular flexibility index (Phi) is 11.7. The minimum absolute atomic E-state index is 0.0906. The largest absolute Gasteiger partial charge is 0.507 e. The van der Waals surface area contributed by atoms with Gasteiger partial charge in [-0.1, -0.05) is 84.9 Å². The maximum atomic E-state index is 13.7. The molecule has 0 radical (unpaired) electrons. The van der Waals surface area contributed by atoms with Crippen molar-refractivity contribution in [2.45, 2.75) is 119 Å². The van der Waals surface area contributed by atoms with E-state index in [0.717, 1.165) is 50.1 Å². The number of phenols is 1. The molecule has 0 fully saturated rings. The van der Waals surface area contributed by atoms with E-state index in [4.69, 9.17) is 10.5 Å². The summed E-state index contributed by atoms with van der Waals surface area (Å²) in [5, 5.41) is 21.1. The van der Waals surface area contributed by atoms with E-state index in [-0.39, 0.29) is 35.6 Å². The van der Waals surface area contributed by atoms with Crippen LogP contribution >= 0.6 is 0 Å². The molecule has 2 atom stereocenters. The predicted molar refractivity (Wildman–Crippen MR) is 192 cm³/mol. The van der Waals surface area contributed by atoms with Crippen LogP contribution in [0.2, 0.25) is 0 Å². The molecule has 3 aromatic rings. The number of hydrogen-bond donors (Lipinski definition) is 3. The number of phenolic OH excluding ortho intramolecular Hbond substituents is 1. The Balaban J connectivity index is 1.76. The van der Waals surface area contributed by atoms with Gasteiger partial charge in [0, 0.05) is 23.9 Å². The Morgan fingerprint density at radius 2 is 1.43 bits per heavy atom. The lowest BCUT2D eigenvalue weighted by Gasteiger charge is -2.28. The molecule has 6 nitrogen and oxygen atoms in total. The molecule has 0 aliphatic heterocycles. The van der Waals surface area contributed by atoms with Crippen LogP contribution in [0, 0.1) is 40.5 Å². The Morgan fingerprint density at radius 3 is 1.96 bits per heavy atom. The third-order valence-electron chi connectivity index (χ3n) is 9.66. The number of aromatic hydroxyl groups is 1. The molecule has 4 N–H and O–H groups in total. The number of ketones is 1. The summed E-state index contributed by atoms with van der Waals surface area (Å²) in [5.74, 6) is -0.157. The molecule has 0 saturated carbocycles. The summed E-state index contributed by atoms with van der Waals surface area (Å²) < 4.78 is 5.82. The highest BCUT2D eigenvalue weighted by atomic mass is 16.5. The molecule has 0 heterocycles. The van der Waals surface area contributed by atoms with Crippen molar-refractivity contribution in [2.75, 3.05) is 0 Å².